The summed E-state index contributed by atoms with van der Waals surface area (Å²) in [4.78, 5) is 14.4. The highest BCUT2D eigenvalue weighted by Gasteiger charge is 2.26. The van der Waals surface area contributed by atoms with Crippen LogP contribution in [0.4, 0.5) is 0 Å². The Morgan fingerprint density at radius 1 is 1.33 bits per heavy atom. The summed E-state index contributed by atoms with van der Waals surface area (Å²) in [5, 5.41) is 8.85. The first kappa shape index (κ1) is 13.8. The first-order valence-corrected chi connectivity index (χ1v) is 7.41. The maximum Gasteiger partial charge on any atom is 0.317 e. The average Bonchev–Trinajstić information content (AvgIpc) is 2.32. The average molecular weight is 255 g/mol. The molecule has 0 bridgehead atoms. The van der Waals surface area contributed by atoms with Gasteiger partial charge in [-0.3, -0.25) is 4.79 Å². The van der Waals surface area contributed by atoms with Crippen LogP contribution in [0.1, 0.15) is 39.0 Å². The number of rotatable bonds is 4. The molecule has 0 spiro atoms. The van der Waals surface area contributed by atoms with Gasteiger partial charge in [0.25, 0.3) is 0 Å². The SMILES string of the molecule is CC1CCC(C[NH+]2CCCN(CC(=O)O)C2)CC1. The van der Waals surface area contributed by atoms with Crippen molar-refractivity contribution in [3.63, 3.8) is 0 Å². The fraction of sp³-hybridized carbons (Fsp3) is 0.929. The van der Waals surface area contributed by atoms with Crippen molar-refractivity contribution in [2.45, 2.75) is 39.0 Å². The van der Waals surface area contributed by atoms with E-state index in [9.17, 15) is 4.79 Å². The van der Waals surface area contributed by atoms with E-state index < -0.39 is 5.97 Å². The van der Waals surface area contributed by atoms with Gasteiger partial charge in [0.1, 0.15) is 13.2 Å². The highest BCUT2D eigenvalue weighted by molar-refractivity contribution is 5.69. The molecule has 0 amide bonds. The van der Waals surface area contributed by atoms with Crippen LogP contribution in [-0.4, -0.2) is 48.8 Å². The Hall–Kier alpha value is -0.610. The molecule has 18 heavy (non-hydrogen) atoms. The van der Waals surface area contributed by atoms with Crippen molar-refractivity contribution in [3.05, 3.63) is 0 Å². The van der Waals surface area contributed by atoms with Crippen molar-refractivity contribution in [2.24, 2.45) is 11.8 Å². The van der Waals surface area contributed by atoms with Gasteiger partial charge in [-0.05, 0) is 18.8 Å². The first-order valence-electron chi connectivity index (χ1n) is 7.41. The molecule has 1 atom stereocenters. The van der Waals surface area contributed by atoms with Crippen LogP contribution in [0.2, 0.25) is 0 Å². The van der Waals surface area contributed by atoms with Gasteiger partial charge in [0, 0.05) is 18.9 Å². The Balaban J connectivity index is 1.73. The minimum absolute atomic E-state index is 0.213. The first-order chi connectivity index (χ1) is 8.63. The second-order valence-electron chi connectivity index (χ2n) is 6.29. The van der Waals surface area contributed by atoms with Crippen LogP contribution < -0.4 is 4.90 Å². The molecule has 1 aliphatic heterocycles. The minimum Gasteiger partial charge on any atom is -0.480 e. The van der Waals surface area contributed by atoms with Crippen molar-refractivity contribution in [1.82, 2.24) is 4.90 Å². The second-order valence-corrected chi connectivity index (χ2v) is 6.29. The molecule has 2 aliphatic rings. The summed E-state index contributed by atoms with van der Waals surface area (Å²) in [6, 6.07) is 0. The van der Waals surface area contributed by atoms with Gasteiger partial charge in [-0.15, -0.1) is 0 Å². The quantitative estimate of drug-likeness (QED) is 0.766. The van der Waals surface area contributed by atoms with Crippen LogP contribution in [0, 0.1) is 11.8 Å². The molecule has 1 heterocycles. The van der Waals surface area contributed by atoms with Gasteiger partial charge in [0.05, 0.1) is 13.1 Å². The van der Waals surface area contributed by atoms with E-state index in [2.05, 4.69) is 11.8 Å². The molecule has 0 aromatic rings. The number of nitrogens with one attached hydrogen (secondary N) is 1. The molecular formula is C14H27N2O2+. The smallest absolute Gasteiger partial charge is 0.317 e. The molecule has 1 saturated heterocycles. The van der Waals surface area contributed by atoms with Crippen LogP contribution in [0.25, 0.3) is 0 Å². The monoisotopic (exact) mass is 255 g/mol. The maximum absolute atomic E-state index is 10.7. The normalized spacial score (nSPS) is 34.4. The second kappa shape index (κ2) is 6.53. The molecule has 2 fully saturated rings. The number of carboxylic acids is 1. The number of aliphatic carboxylic acids is 1. The predicted molar refractivity (Wildman–Crippen MR) is 70.5 cm³/mol. The molecule has 104 valence electrons. The molecule has 0 aromatic heterocycles. The van der Waals surface area contributed by atoms with E-state index in [4.69, 9.17) is 5.11 Å². The molecule has 0 radical (unpaired) electrons. The maximum atomic E-state index is 10.7. The molecule has 1 saturated carbocycles. The third-order valence-electron chi connectivity index (χ3n) is 4.52. The summed E-state index contributed by atoms with van der Waals surface area (Å²) < 4.78 is 0. The third kappa shape index (κ3) is 4.25. The van der Waals surface area contributed by atoms with E-state index >= 15 is 0 Å². The summed E-state index contributed by atoms with van der Waals surface area (Å²) in [6.45, 7) is 6.94. The third-order valence-corrected chi connectivity index (χ3v) is 4.52. The van der Waals surface area contributed by atoms with Crippen molar-refractivity contribution in [2.75, 3.05) is 32.8 Å². The molecule has 0 aromatic carbocycles. The summed E-state index contributed by atoms with van der Waals surface area (Å²) in [5.74, 6) is 1.10. The fourth-order valence-electron chi connectivity index (χ4n) is 3.46. The van der Waals surface area contributed by atoms with E-state index in [0.29, 0.717) is 0 Å². The number of quaternary nitrogens is 1. The van der Waals surface area contributed by atoms with Crippen LogP contribution in [0.3, 0.4) is 0 Å². The van der Waals surface area contributed by atoms with Crippen molar-refractivity contribution < 1.29 is 14.8 Å². The largest absolute Gasteiger partial charge is 0.480 e. The lowest BCUT2D eigenvalue weighted by molar-refractivity contribution is -0.919. The van der Waals surface area contributed by atoms with Crippen LogP contribution >= 0.6 is 0 Å². The number of hydrogen-bond acceptors (Lipinski definition) is 2. The Morgan fingerprint density at radius 3 is 2.72 bits per heavy atom. The number of carboxylic acid groups (broad SMARTS) is 1. The zero-order valence-electron chi connectivity index (χ0n) is 11.5. The van der Waals surface area contributed by atoms with E-state index in [1.165, 1.54) is 38.8 Å². The molecule has 1 aliphatic carbocycles. The highest BCUT2D eigenvalue weighted by Crippen LogP contribution is 2.27. The Bertz CT molecular complexity index is 275. The van der Waals surface area contributed by atoms with Gasteiger partial charge in [0.15, 0.2) is 0 Å². The molecule has 4 nitrogen and oxygen atoms in total. The van der Waals surface area contributed by atoms with Crippen molar-refractivity contribution >= 4 is 5.97 Å². The van der Waals surface area contributed by atoms with E-state index in [1.807, 2.05) is 0 Å². The summed E-state index contributed by atoms with van der Waals surface area (Å²) in [5.41, 5.74) is 0. The highest BCUT2D eigenvalue weighted by atomic mass is 16.4. The standard InChI is InChI=1S/C14H26N2O2/c1-12-3-5-13(6-4-12)9-15-7-2-8-16(11-15)10-14(17)18/h12-13H,2-11H2,1H3,(H,17,18)/p+1. The lowest BCUT2D eigenvalue weighted by Crippen LogP contribution is -3.15. The van der Waals surface area contributed by atoms with E-state index in [0.717, 1.165) is 31.5 Å². The topological polar surface area (TPSA) is 45.0 Å². The number of hydrogen-bond donors (Lipinski definition) is 2. The van der Waals surface area contributed by atoms with Gasteiger partial charge >= 0.3 is 5.97 Å². The van der Waals surface area contributed by atoms with Crippen LogP contribution in [-0.2, 0) is 4.79 Å². The van der Waals surface area contributed by atoms with Crippen LogP contribution in [0.15, 0.2) is 0 Å². The zero-order chi connectivity index (χ0) is 13.0. The molecule has 2 rings (SSSR count). The van der Waals surface area contributed by atoms with E-state index in [1.54, 1.807) is 4.90 Å². The van der Waals surface area contributed by atoms with Crippen molar-refractivity contribution in [1.29, 1.82) is 0 Å². The molecular weight excluding hydrogens is 228 g/mol. The number of nitrogens with zero attached hydrogens (tertiary/aromatic N) is 1. The van der Waals surface area contributed by atoms with Gasteiger partial charge in [-0.2, -0.15) is 0 Å². The Morgan fingerprint density at radius 2 is 2.06 bits per heavy atom. The fourth-order valence-corrected chi connectivity index (χ4v) is 3.46. The summed E-state index contributed by atoms with van der Waals surface area (Å²) in [6.07, 6.45) is 6.67. The molecule has 4 heteroatoms. The molecule has 1 unspecified atom stereocenters. The van der Waals surface area contributed by atoms with Crippen LogP contribution in [0.5, 0.6) is 0 Å². The van der Waals surface area contributed by atoms with Gasteiger partial charge in [-0.25, -0.2) is 4.90 Å². The van der Waals surface area contributed by atoms with Gasteiger partial charge < -0.3 is 10.0 Å². The summed E-state index contributed by atoms with van der Waals surface area (Å²) in [7, 11) is 0. The van der Waals surface area contributed by atoms with E-state index in [-0.39, 0.29) is 6.54 Å². The number of carbonyl (C=O) groups is 1. The van der Waals surface area contributed by atoms with Gasteiger partial charge in [0.2, 0.25) is 0 Å². The zero-order valence-corrected chi connectivity index (χ0v) is 11.5. The van der Waals surface area contributed by atoms with Gasteiger partial charge in [-0.1, -0.05) is 19.8 Å². The Kier molecular flexibility index (Phi) is 5.01. The molecule has 2 N–H and O–H groups in total. The predicted octanol–water partition coefficient (Wildman–Crippen LogP) is 0.445. The lowest BCUT2D eigenvalue weighted by atomic mass is 9.83. The summed E-state index contributed by atoms with van der Waals surface area (Å²) >= 11 is 0. The minimum atomic E-state index is -0.692. The Labute approximate surface area is 110 Å². The lowest BCUT2D eigenvalue weighted by Gasteiger charge is -2.35. The van der Waals surface area contributed by atoms with Crippen molar-refractivity contribution in [3.8, 4) is 0 Å².